The van der Waals surface area contributed by atoms with Crippen molar-refractivity contribution in [2.45, 2.75) is 32.2 Å². The van der Waals surface area contributed by atoms with E-state index in [1.54, 1.807) is 11.1 Å². The van der Waals surface area contributed by atoms with Crippen LogP contribution in [0.3, 0.4) is 0 Å². The zero-order chi connectivity index (χ0) is 15.2. The average molecular weight is 300 g/mol. The van der Waals surface area contributed by atoms with Gasteiger partial charge in [-0.3, -0.25) is 0 Å². The van der Waals surface area contributed by atoms with Gasteiger partial charge >= 0.3 is 0 Å². The fourth-order valence-electron chi connectivity index (χ4n) is 4.70. The van der Waals surface area contributed by atoms with Gasteiger partial charge in [-0.05, 0) is 41.9 Å². The molecule has 1 heteroatoms. The smallest absolute Gasteiger partial charge is 0.194 e. The molecule has 2 atom stereocenters. The second-order valence-electron chi connectivity index (χ2n) is 7.16. The van der Waals surface area contributed by atoms with Gasteiger partial charge in [-0.25, -0.2) is 0 Å². The molecule has 2 aromatic rings. The van der Waals surface area contributed by atoms with E-state index < -0.39 is 0 Å². The normalized spacial score (nSPS) is 24.5. The zero-order valence-electron chi connectivity index (χ0n) is 13.4. The molecule has 0 amide bonds. The molecule has 3 aliphatic carbocycles. The maximum atomic E-state index is 2.58. The predicted octanol–water partition coefficient (Wildman–Crippen LogP) is 4.62. The maximum Gasteiger partial charge on any atom is 0.213 e. The number of benzene rings is 1. The molecule has 3 aliphatic rings. The molecule has 5 rings (SSSR count). The van der Waals surface area contributed by atoms with Crippen LogP contribution < -0.4 is 4.57 Å². The number of aromatic nitrogens is 1. The van der Waals surface area contributed by atoms with Crippen LogP contribution in [0.2, 0.25) is 0 Å². The first-order valence-corrected chi connectivity index (χ1v) is 8.91. The van der Waals surface area contributed by atoms with Crippen molar-refractivity contribution in [2.75, 3.05) is 0 Å². The highest BCUT2D eigenvalue weighted by Gasteiger charge is 2.39. The SMILES string of the molecule is C1=C2C(=Cc3c2ccc[n+]3Cc2ccccc2)C2CCCCC12. The van der Waals surface area contributed by atoms with Gasteiger partial charge in [0.25, 0.3) is 0 Å². The van der Waals surface area contributed by atoms with Gasteiger partial charge in [-0.2, -0.15) is 4.57 Å². The number of allylic oxidation sites excluding steroid dienone is 3. The molecule has 0 saturated heterocycles. The van der Waals surface area contributed by atoms with E-state index in [1.807, 2.05) is 0 Å². The molecular formula is C22H22N+. The van der Waals surface area contributed by atoms with Crippen molar-refractivity contribution in [3.05, 3.63) is 77.1 Å². The number of fused-ring (bicyclic) bond motifs is 5. The Bertz CT molecular complexity index is 813. The summed E-state index contributed by atoms with van der Waals surface area (Å²) in [7, 11) is 0. The second kappa shape index (κ2) is 5.19. The Hall–Kier alpha value is -2.15. The Morgan fingerprint density at radius 2 is 1.83 bits per heavy atom. The number of hydrogen-bond acceptors (Lipinski definition) is 0. The molecule has 1 heterocycles. The highest BCUT2D eigenvalue weighted by atomic mass is 15.0. The fourth-order valence-corrected chi connectivity index (χ4v) is 4.70. The van der Waals surface area contributed by atoms with Gasteiger partial charge in [0, 0.05) is 17.7 Å². The molecule has 1 nitrogen and oxygen atoms in total. The van der Waals surface area contributed by atoms with Crippen LogP contribution in [0.4, 0.5) is 0 Å². The molecule has 1 saturated carbocycles. The molecule has 23 heavy (non-hydrogen) atoms. The lowest BCUT2D eigenvalue weighted by atomic mass is 9.79. The van der Waals surface area contributed by atoms with Crippen LogP contribution in [0.25, 0.3) is 11.6 Å². The van der Waals surface area contributed by atoms with E-state index in [0.29, 0.717) is 0 Å². The first kappa shape index (κ1) is 13.3. The van der Waals surface area contributed by atoms with Gasteiger partial charge in [-0.15, -0.1) is 0 Å². The van der Waals surface area contributed by atoms with Crippen molar-refractivity contribution >= 4 is 11.6 Å². The van der Waals surface area contributed by atoms with Crippen LogP contribution in [-0.4, -0.2) is 0 Å². The van der Waals surface area contributed by atoms with E-state index in [-0.39, 0.29) is 0 Å². The van der Waals surface area contributed by atoms with Crippen molar-refractivity contribution in [1.82, 2.24) is 0 Å². The van der Waals surface area contributed by atoms with Gasteiger partial charge in [0.1, 0.15) is 0 Å². The van der Waals surface area contributed by atoms with E-state index in [0.717, 1.165) is 18.4 Å². The number of pyridine rings is 1. The van der Waals surface area contributed by atoms with Crippen LogP contribution in [0, 0.1) is 11.8 Å². The Morgan fingerprint density at radius 3 is 2.74 bits per heavy atom. The molecule has 2 unspecified atom stereocenters. The Morgan fingerprint density at radius 1 is 0.957 bits per heavy atom. The van der Waals surface area contributed by atoms with Crippen molar-refractivity contribution in [2.24, 2.45) is 11.8 Å². The van der Waals surface area contributed by atoms with Gasteiger partial charge < -0.3 is 0 Å². The van der Waals surface area contributed by atoms with Crippen LogP contribution in [0.5, 0.6) is 0 Å². The van der Waals surface area contributed by atoms with Gasteiger partial charge in [0.2, 0.25) is 5.69 Å². The van der Waals surface area contributed by atoms with Crippen LogP contribution in [0.15, 0.2) is 60.3 Å². The Labute approximate surface area is 138 Å². The van der Waals surface area contributed by atoms with Gasteiger partial charge in [-0.1, -0.05) is 49.2 Å². The number of nitrogens with zero attached hydrogens (tertiary/aromatic N) is 1. The van der Waals surface area contributed by atoms with E-state index in [4.69, 9.17) is 0 Å². The lowest BCUT2D eigenvalue weighted by Gasteiger charge is -2.25. The minimum absolute atomic E-state index is 0.788. The van der Waals surface area contributed by atoms with Crippen LogP contribution >= 0.6 is 0 Å². The standard InChI is InChI=1S/C22H22N/c1-2-7-16(8-3-1)15-23-12-6-11-19-20-13-17-9-4-5-10-18(17)21(20)14-22(19)23/h1-3,6-8,11-14,17-18H,4-5,9-10,15H2/q+1. The fraction of sp³-hybridized carbons (Fsp3) is 0.318. The van der Waals surface area contributed by atoms with Crippen molar-refractivity contribution in [1.29, 1.82) is 0 Å². The monoisotopic (exact) mass is 300 g/mol. The molecule has 114 valence electrons. The zero-order valence-corrected chi connectivity index (χ0v) is 13.4. The molecular weight excluding hydrogens is 278 g/mol. The average Bonchev–Trinajstić information content (AvgIpc) is 3.13. The first-order valence-electron chi connectivity index (χ1n) is 8.91. The first-order chi connectivity index (χ1) is 11.4. The molecule has 1 fully saturated rings. The third-order valence-electron chi connectivity index (χ3n) is 5.80. The lowest BCUT2D eigenvalue weighted by Crippen LogP contribution is -2.37. The van der Waals surface area contributed by atoms with Crippen LogP contribution in [-0.2, 0) is 6.54 Å². The van der Waals surface area contributed by atoms with E-state index in [2.05, 4.69) is 65.4 Å². The molecule has 1 aromatic heterocycles. The molecule has 0 bridgehead atoms. The van der Waals surface area contributed by atoms with E-state index in [1.165, 1.54) is 42.5 Å². The van der Waals surface area contributed by atoms with Gasteiger partial charge in [0.05, 0.1) is 5.56 Å². The largest absolute Gasteiger partial charge is 0.213 e. The number of rotatable bonds is 2. The summed E-state index contributed by atoms with van der Waals surface area (Å²) in [4.78, 5) is 0. The summed E-state index contributed by atoms with van der Waals surface area (Å²) in [6.07, 6.45) is 12.9. The Kier molecular flexibility index (Phi) is 3.00. The molecule has 0 radical (unpaired) electrons. The quantitative estimate of drug-likeness (QED) is 0.712. The minimum atomic E-state index is 0.788. The summed E-state index contributed by atoms with van der Waals surface area (Å²) in [6, 6.07) is 15.3. The highest BCUT2D eigenvalue weighted by Crippen LogP contribution is 2.51. The summed E-state index contributed by atoms with van der Waals surface area (Å²) in [5.41, 5.74) is 7.39. The number of hydrogen-bond donors (Lipinski definition) is 0. The second-order valence-corrected chi connectivity index (χ2v) is 7.16. The summed E-state index contributed by atoms with van der Waals surface area (Å²) >= 11 is 0. The molecule has 0 N–H and O–H groups in total. The molecule has 1 aromatic carbocycles. The van der Waals surface area contributed by atoms with Gasteiger partial charge in [0.15, 0.2) is 12.7 Å². The van der Waals surface area contributed by atoms with Crippen LogP contribution in [0.1, 0.15) is 42.5 Å². The maximum absolute atomic E-state index is 2.58. The summed E-state index contributed by atoms with van der Waals surface area (Å²) in [5, 5.41) is 0. The third-order valence-corrected chi connectivity index (χ3v) is 5.80. The predicted molar refractivity (Wildman–Crippen MR) is 93.6 cm³/mol. The Balaban J connectivity index is 1.56. The highest BCUT2D eigenvalue weighted by molar-refractivity contribution is 5.95. The minimum Gasteiger partial charge on any atom is -0.194 e. The molecule has 0 aliphatic heterocycles. The summed E-state index contributed by atoms with van der Waals surface area (Å²) in [5.74, 6) is 1.59. The van der Waals surface area contributed by atoms with E-state index in [9.17, 15) is 0 Å². The lowest BCUT2D eigenvalue weighted by molar-refractivity contribution is -0.690. The molecule has 0 spiro atoms. The summed E-state index contributed by atoms with van der Waals surface area (Å²) < 4.78 is 2.41. The van der Waals surface area contributed by atoms with E-state index >= 15 is 0 Å². The summed E-state index contributed by atoms with van der Waals surface area (Å²) in [6.45, 7) is 0.954. The van der Waals surface area contributed by atoms with Crippen molar-refractivity contribution in [3.63, 3.8) is 0 Å². The third kappa shape index (κ3) is 2.10. The van der Waals surface area contributed by atoms with Crippen molar-refractivity contribution < 1.29 is 4.57 Å². The topological polar surface area (TPSA) is 3.88 Å². The van der Waals surface area contributed by atoms with Crippen molar-refractivity contribution in [3.8, 4) is 0 Å².